The molecule has 76 valence electrons. The van der Waals surface area contributed by atoms with Crippen LogP contribution in [0.1, 0.15) is 20.8 Å². The van der Waals surface area contributed by atoms with Crippen molar-refractivity contribution in [2.45, 2.75) is 32.9 Å². The summed E-state index contributed by atoms with van der Waals surface area (Å²) < 4.78 is 0. The maximum absolute atomic E-state index is 11.1. The van der Waals surface area contributed by atoms with Crippen LogP contribution in [0.5, 0.6) is 0 Å². The normalized spacial score (nSPS) is 15.2. The van der Waals surface area contributed by atoms with E-state index in [0.717, 1.165) is 0 Å². The number of carboxylic acids is 1. The highest BCUT2D eigenvalue weighted by Crippen LogP contribution is 2.01. The summed E-state index contributed by atoms with van der Waals surface area (Å²) >= 11 is 0. The van der Waals surface area contributed by atoms with Crippen molar-refractivity contribution < 1.29 is 14.7 Å². The molecule has 0 aliphatic rings. The van der Waals surface area contributed by atoms with E-state index in [4.69, 9.17) is 10.8 Å². The molecule has 0 saturated carbocycles. The number of nitrogens with two attached hydrogens (primary N) is 1. The second-order valence-electron chi connectivity index (χ2n) is 3.36. The van der Waals surface area contributed by atoms with Gasteiger partial charge in [0.15, 0.2) is 0 Å². The monoisotopic (exact) mass is 188 g/mol. The Morgan fingerprint density at radius 2 is 1.77 bits per heavy atom. The molecule has 0 bridgehead atoms. The summed E-state index contributed by atoms with van der Waals surface area (Å²) in [7, 11) is 0. The molecule has 2 atom stereocenters. The topological polar surface area (TPSA) is 92.4 Å². The molecule has 0 aromatic rings. The van der Waals surface area contributed by atoms with Gasteiger partial charge >= 0.3 is 5.97 Å². The van der Waals surface area contributed by atoms with E-state index in [1.807, 2.05) is 0 Å². The van der Waals surface area contributed by atoms with Gasteiger partial charge in [0.1, 0.15) is 6.04 Å². The van der Waals surface area contributed by atoms with Crippen LogP contribution in [-0.4, -0.2) is 29.1 Å². The molecule has 0 aromatic carbocycles. The molecule has 13 heavy (non-hydrogen) atoms. The summed E-state index contributed by atoms with van der Waals surface area (Å²) in [6.45, 7) is 4.95. The van der Waals surface area contributed by atoms with E-state index in [2.05, 4.69) is 5.32 Å². The highest BCUT2D eigenvalue weighted by Gasteiger charge is 2.24. The molecule has 0 fully saturated rings. The maximum Gasteiger partial charge on any atom is 0.326 e. The van der Waals surface area contributed by atoms with Crippen LogP contribution in [0.3, 0.4) is 0 Å². The Labute approximate surface area is 77.3 Å². The lowest BCUT2D eigenvalue weighted by Gasteiger charge is -2.18. The molecule has 0 rings (SSSR count). The lowest BCUT2D eigenvalue weighted by Crippen LogP contribution is -2.49. The van der Waals surface area contributed by atoms with Crippen LogP contribution in [0.15, 0.2) is 0 Å². The molecule has 0 aromatic heterocycles. The van der Waals surface area contributed by atoms with Gasteiger partial charge < -0.3 is 16.2 Å². The third-order valence-electron chi connectivity index (χ3n) is 1.64. The molecule has 0 heterocycles. The standard InChI is InChI=1S/C8H16N2O3/c1-4(2)6(8(12)13)10-7(11)5(3)9/h4-6H,9H2,1-3H3,(H,10,11)(H,12,13)/t5-,6+/m1/s1. The lowest BCUT2D eigenvalue weighted by atomic mass is 10.0. The summed E-state index contributed by atoms with van der Waals surface area (Å²) in [5.41, 5.74) is 5.28. The van der Waals surface area contributed by atoms with Crippen LogP contribution >= 0.6 is 0 Å². The van der Waals surface area contributed by atoms with Gasteiger partial charge in [-0.1, -0.05) is 13.8 Å². The largest absolute Gasteiger partial charge is 0.480 e. The Bertz CT molecular complexity index is 202. The van der Waals surface area contributed by atoms with Crippen molar-refractivity contribution in [3.63, 3.8) is 0 Å². The Kier molecular flexibility index (Phi) is 4.40. The maximum atomic E-state index is 11.1. The Morgan fingerprint density at radius 1 is 1.31 bits per heavy atom. The first-order valence-corrected chi connectivity index (χ1v) is 4.15. The third kappa shape index (κ3) is 3.89. The summed E-state index contributed by atoms with van der Waals surface area (Å²) in [6.07, 6.45) is 0. The molecule has 0 aliphatic carbocycles. The van der Waals surface area contributed by atoms with Crippen molar-refractivity contribution in [2.75, 3.05) is 0 Å². The fourth-order valence-corrected chi connectivity index (χ4v) is 0.798. The van der Waals surface area contributed by atoms with Gasteiger partial charge in [-0.25, -0.2) is 4.79 Å². The third-order valence-corrected chi connectivity index (χ3v) is 1.64. The predicted molar refractivity (Wildman–Crippen MR) is 48.1 cm³/mol. The molecular formula is C8H16N2O3. The number of aliphatic carboxylic acids is 1. The van der Waals surface area contributed by atoms with Crippen LogP contribution in [0.25, 0.3) is 0 Å². The zero-order valence-corrected chi connectivity index (χ0v) is 8.07. The van der Waals surface area contributed by atoms with Crippen molar-refractivity contribution in [3.05, 3.63) is 0 Å². The lowest BCUT2D eigenvalue weighted by molar-refractivity contribution is -0.143. The minimum absolute atomic E-state index is 0.153. The summed E-state index contributed by atoms with van der Waals surface area (Å²) in [4.78, 5) is 21.7. The number of carboxylic acid groups (broad SMARTS) is 1. The van der Waals surface area contributed by atoms with Crippen LogP contribution in [-0.2, 0) is 9.59 Å². The molecule has 0 saturated heterocycles. The van der Waals surface area contributed by atoms with Crippen LogP contribution in [0.4, 0.5) is 0 Å². The van der Waals surface area contributed by atoms with Gasteiger partial charge in [-0.15, -0.1) is 0 Å². The van der Waals surface area contributed by atoms with Gasteiger partial charge in [-0.2, -0.15) is 0 Å². The first-order chi connectivity index (χ1) is 5.86. The summed E-state index contributed by atoms with van der Waals surface area (Å²) in [6, 6.07) is -1.54. The van der Waals surface area contributed by atoms with Crippen molar-refractivity contribution >= 4 is 11.9 Å². The number of hydrogen-bond donors (Lipinski definition) is 3. The Morgan fingerprint density at radius 3 is 2.00 bits per heavy atom. The predicted octanol–water partition coefficient (Wildman–Crippen LogP) is -0.441. The van der Waals surface area contributed by atoms with Crippen molar-refractivity contribution in [1.82, 2.24) is 5.32 Å². The van der Waals surface area contributed by atoms with Crippen LogP contribution < -0.4 is 11.1 Å². The molecule has 5 heteroatoms. The molecule has 0 spiro atoms. The highest BCUT2D eigenvalue weighted by atomic mass is 16.4. The van der Waals surface area contributed by atoms with Crippen LogP contribution in [0, 0.1) is 5.92 Å². The fraction of sp³-hybridized carbons (Fsp3) is 0.750. The Balaban J connectivity index is 4.27. The first-order valence-electron chi connectivity index (χ1n) is 4.15. The number of carbonyl (C=O) groups is 2. The zero-order chi connectivity index (χ0) is 10.6. The fourth-order valence-electron chi connectivity index (χ4n) is 0.798. The summed E-state index contributed by atoms with van der Waals surface area (Å²) in [5.74, 6) is -1.63. The smallest absolute Gasteiger partial charge is 0.326 e. The number of hydrogen-bond acceptors (Lipinski definition) is 3. The van der Waals surface area contributed by atoms with E-state index in [0.29, 0.717) is 0 Å². The van der Waals surface area contributed by atoms with E-state index < -0.39 is 24.0 Å². The second-order valence-corrected chi connectivity index (χ2v) is 3.36. The number of nitrogens with one attached hydrogen (secondary N) is 1. The van der Waals surface area contributed by atoms with Gasteiger partial charge in [0.2, 0.25) is 5.91 Å². The van der Waals surface area contributed by atoms with E-state index >= 15 is 0 Å². The minimum Gasteiger partial charge on any atom is -0.480 e. The van der Waals surface area contributed by atoms with Crippen LogP contribution in [0.2, 0.25) is 0 Å². The molecule has 0 radical (unpaired) electrons. The average Bonchev–Trinajstić information content (AvgIpc) is 1.97. The van der Waals surface area contributed by atoms with E-state index in [9.17, 15) is 9.59 Å². The SMILES string of the molecule is CC(C)[C@H](NC(=O)[C@@H](C)N)C(=O)O. The molecule has 1 amide bonds. The van der Waals surface area contributed by atoms with Crippen molar-refractivity contribution in [2.24, 2.45) is 11.7 Å². The first kappa shape index (κ1) is 11.9. The molecule has 0 aliphatic heterocycles. The van der Waals surface area contributed by atoms with Crippen molar-refractivity contribution in [1.29, 1.82) is 0 Å². The highest BCUT2D eigenvalue weighted by molar-refractivity contribution is 5.86. The van der Waals surface area contributed by atoms with Gasteiger partial charge in [0, 0.05) is 0 Å². The number of carbonyl (C=O) groups excluding carboxylic acids is 1. The van der Waals surface area contributed by atoms with E-state index in [1.165, 1.54) is 6.92 Å². The Hall–Kier alpha value is -1.10. The molecular weight excluding hydrogens is 172 g/mol. The molecule has 4 N–H and O–H groups in total. The van der Waals surface area contributed by atoms with E-state index in [-0.39, 0.29) is 5.92 Å². The van der Waals surface area contributed by atoms with Crippen molar-refractivity contribution in [3.8, 4) is 0 Å². The van der Waals surface area contributed by atoms with Gasteiger partial charge in [-0.3, -0.25) is 4.79 Å². The number of amides is 1. The average molecular weight is 188 g/mol. The molecule has 0 unspecified atom stereocenters. The molecule has 5 nitrogen and oxygen atoms in total. The number of rotatable bonds is 4. The minimum atomic E-state index is -1.04. The van der Waals surface area contributed by atoms with Gasteiger partial charge in [0.25, 0.3) is 0 Å². The second kappa shape index (κ2) is 4.81. The summed E-state index contributed by atoms with van der Waals surface area (Å²) in [5, 5.41) is 11.1. The zero-order valence-electron chi connectivity index (χ0n) is 8.07. The van der Waals surface area contributed by atoms with Gasteiger partial charge in [-0.05, 0) is 12.8 Å². The van der Waals surface area contributed by atoms with E-state index in [1.54, 1.807) is 13.8 Å². The quantitative estimate of drug-likeness (QED) is 0.557. The van der Waals surface area contributed by atoms with Gasteiger partial charge in [0.05, 0.1) is 6.04 Å².